The van der Waals surface area contributed by atoms with Gasteiger partial charge < -0.3 is 10.2 Å². The van der Waals surface area contributed by atoms with E-state index in [0.29, 0.717) is 13.1 Å². The number of likely N-dealkylation sites (N-methyl/N-ethyl adjacent to an activating group) is 1. The minimum atomic E-state index is -0.0834. The van der Waals surface area contributed by atoms with Crippen molar-refractivity contribution >= 4 is 28.6 Å². The van der Waals surface area contributed by atoms with E-state index in [0.717, 1.165) is 19.3 Å². The van der Waals surface area contributed by atoms with Gasteiger partial charge in [0, 0.05) is 9.75 Å². The lowest BCUT2D eigenvalue weighted by atomic mass is 10.1. The lowest BCUT2D eigenvalue weighted by Crippen LogP contribution is -2.44. The Balaban J connectivity index is 2.09. The van der Waals surface area contributed by atoms with Crippen molar-refractivity contribution < 1.29 is 4.79 Å². The molecule has 2 aromatic heterocycles. The van der Waals surface area contributed by atoms with Gasteiger partial charge in [0.25, 0.3) is 0 Å². The van der Waals surface area contributed by atoms with Crippen LogP contribution in [0.15, 0.2) is 35.0 Å². The molecule has 0 bridgehead atoms. The first-order chi connectivity index (χ1) is 10.7. The zero-order valence-electron chi connectivity index (χ0n) is 13.2. The van der Waals surface area contributed by atoms with Gasteiger partial charge in [-0.3, -0.25) is 4.79 Å². The van der Waals surface area contributed by atoms with Gasteiger partial charge in [-0.05, 0) is 36.4 Å². The zero-order valence-corrected chi connectivity index (χ0v) is 14.9. The van der Waals surface area contributed by atoms with Gasteiger partial charge in [-0.1, -0.05) is 31.9 Å². The van der Waals surface area contributed by atoms with Crippen molar-refractivity contribution in [2.45, 2.75) is 45.3 Å². The highest BCUT2D eigenvalue weighted by Crippen LogP contribution is 2.19. The van der Waals surface area contributed by atoms with Crippen LogP contribution < -0.4 is 5.32 Å². The highest BCUT2D eigenvalue weighted by molar-refractivity contribution is 7.10. The van der Waals surface area contributed by atoms with E-state index >= 15 is 0 Å². The van der Waals surface area contributed by atoms with Crippen LogP contribution in [0.3, 0.4) is 0 Å². The molecule has 22 heavy (non-hydrogen) atoms. The average Bonchev–Trinajstić information content (AvgIpc) is 3.20. The van der Waals surface area contributed by atoms with Gasteiger partial charge >= 0.3 is 0 Å². The number of unbranched alkanes of at least 4 members (excludes halogenated alkanes) is 1. The Kier molecular flexibility index (Phi) is 7.09. The molecule has 0 saturated heterocycles. The molecule has 1 unspecified atom stereocenters. The van der Waals surface area contributed by atoms with Gasteiger partial charge in [0.2, 0.25) is 5.91 Å². The first-order valence-electron chi connectivity index (χ1n) is 7.75. The minimum absolute atomic E-state index is 0.0834. The van der Waals surface area contributed by atoms with Crippen molar-refractivity contribution in [3.05, 3.63) is 44.8 Å². The Bertz CT molecular complexity index is 501. The smallest absolute Gasteiger partial charge is 0.240 e. The van der Waals surface area contributed by atoms with Gasteiger partial charge in [0.1, 0.15) is 0 Å². The molecule has 2 rings (SSSR count). The Morgan fingerprint density at radius 3 is 2.18 bits per heavy atom. The summed E-state index contributed by atoms with van der Waals surface area (Å²) in [7, 11) is 1.88. The Hall–Kier alpha value is -1.17. The third-order valence-corrected chi connectivity index (χ3v) is 5.38. The van der Waals surface area contributed by atoms with Gasteiger partial charge in [-0.2, -0.15) is 0 Å². The van der Waals surface area contributed by atoms with Crippen LogP contribution in [0.5, 0.6) is 0 Å². The quantitative estimate of drug-likeness (QED) is 0.747. The average molecular weight is 337 g/mol. The fraction of sp³-hybridized carbons (Fsp3) is 0.471. The molecule has 1 atom stereocenters. The van der Waals surface area contributed by atoms with Crippen molar-refractivity contribution in [3.63, 3.8) is 0 Å². The van der Waals surface area contributed by atoms with Crippen LogP contribution in [-0.2, 0) is 17.9 Å². The molecule has 0 aliphatic carbocycles. The zero-order chi connectivity index (χ0) is 15.8. The van der Waals surface area contributed by atoms with Crippen molar-refractivity contribution in [3.8, 4) is 0 Å². The van der Waals surface area contributed by atoms with Crippen molar-refractivity contribution in [2.24, 2.45) is 0 Å². The van der Waals surface area contributed by atoms with Crippen LogP contribution in [0.2, 0.25) is 0 Å². The lowest BCUT2D eigenvalue weighted by Gasteiger charge is -2.26. The molecular weight excluding hydrogens is 312 g/mol. The highest BCUT2D eigenvalue weighted by atomic mass is 32.1. The van der Waals surface area contributed by atoms with E-state index in [2.05, 4.69) is 35.1 Å². The molecule has 2 aromatic rings. The van der Waals surface area contributed by atoms with Crippen LogP contribution in [0.1, 0.15) is 35.9 Å². The maximum absolute atomic E-state index is 12.9. The molecule has 3 nitrogen and oxygen atoms in total. The Labute approximate surface area is 141 Å². The molecule has 0 radical (unpaired) electrons. The van der Waals surface area contributed by atoms with Gasteiger partial charge in [0.15, 0.2) is 0 Å². The van der Waals surface area contributed by atoms with Crippen LogP contribution >= 0.6 is 22.7 Å². The number of rotatable bonds is 9. The maximum Gasteiger partial charge on any atom is 0.240 e. The number of hydrogen-bond donors (Lipinski definition) is 1. The second kappa shape index (κ2) is 9.08. The standard InChI is InChI=1S/C17H24N2OS2/c1-3-4-9-16(18-2)17(20)19(12-14-7-5-10-21-14)13-15-8-6-11-22-15/h5-8,10-11,16,18H,3-4,9,12-13H2,1-2H3. The normalized spacial score (nSPS) is 12.3. The van der Waals surface area contributed by atoms with E-state index in [1.165, 1.54) is 9.75 Å². The van der Waals surface area contributed by atoms with Gasteiger partial charge in [-0.25, -0.2) is 0 Å². The van der Waals surface area contributed by atoms with E-state index in [1.54, 1.807) is 22.7 Å². The lowest BCUT2D eigenvalue weighted by molar-refractivity contribution is -0.134. The van der Waals surface area contributed by atoms with Gasteiger partial charge in [0.05, 0.1) is 19.1 Å². The number of nitrogens with one attached hydrogen (secondary N) is 1. The Morgan fingerprint density at radius 1 is 1.18 bits per heavy atom. The third kappa shape index (κ3) is 4.93. The van der Waals surface area contributed by atoms with Crippen molar-refractivity contribution in [1.29, 1.82) is 0 Å². The number of carbonyl (C=O) groups excluding carboxylic acids is 1. The summed E-state index contributed by atoms with van der Waals surface area (Å²) in [5, 5.41) is 7.32. The van der Waals surface area contributed by atoms with Crippen LogP contribution in [0, 0.1) is 0 Å². The second-order valence-corrected chi connectivity index (χ2v) is 7.40. The number of nitrogens with zero attached hydrogens (tertiary/aromatic N) is 1. The molecule has 120 valence electrons. The van der Waals surface area contributed by atoms with Crippen LogP contribution in [0.4, 0.5) is 0 Å². The topological polar surface area (TPSA) is 32.3 Å². The molecule has 5 heteroatoms. The van der Waals surface area contributed by atoms with E-state index < -0.39 is 0 Å². The van der Waals surface area contributed by atoms with Crippen LogP contribution in [0.25, 0.3) is 0 Å². The molecule has 1 amide bonds. The fourth-order valence-electron chi connectivity index (χ4n) is 2.41. The van der Waals surface area contributed by atoms with Crippen molar-refractivity contribution in [1.82, 2.24) is 10.2 Å². The summed E-state index contributed by atoms with van der Waals surface area (Å²) < 4.78 is 0. The van der Waals surface area contributed by atoms with Gasteiger partial charge in [-0.15, -0.1) is 22.7 Å². The molecular formula is C17H24N2OS2. The third-order valence-electron chi connectivity index (χ3n) is 3.66. The SMILES string of the molecule is CCCCC(NC)C(=O)N(Cc1cccs1)Cc1cccs1. The maximum atomic E-state index is 12.9. The Morgan fingerprint density at radius 2 is 1.77 bits per heavy atom. The van der Waals surface area contributed by atoms with E-state index in [-0.39, 0.29) is 11.9 Å². The number of thiophene rings is 2. The number of carbonyl (C=O) groups is 1. The van der Waals surface area contributed by atoms with E-state index in [4.69, 9.17) is 0 Å². The number of amides is 1. The molecule has 0 fully saturated rings. The predicted molar refractivity (Wildman–Crippen MR) is 95.3 cm³/mol. The van der Waals surface area contributed by atoms with E-state index in [9.17, 15) is 4.79 Å². The molecule has 0 saturated carbocycles. The fourth-order valence-corrected chi connectivity index (χ4v) is 3.85. The summed E-state index contributed by atoms with van der Waals surface area (Å²) in [6.07, 6.45) is 3.08. The molecule has 1 N–H and O–H groups in total. The minimum Gasteiger partial charge on any atom is -0.331 e. The largest absolute Gasteiger partial charge is 0.331 e. The molecule has 0 aliphatic rings. The molecule has 2 heterocycles. The van der Waals surface area contributed by atoms with Crippen LogP contribution in [-0.4, -0.2) is 23.9 Å². The molecule has 0 aromatic carbocycles. The first-order valence-corrected chi connectivity index (χ1v) is 9.51. The summed E-state index contributed by atoms with van der Waals surface area (Å²) in [5.74, 6) is 0.206. The monoisotopic (exact) mass is 336 g/mol. The molecule has 0 spiro atoms. The summed E-state index contributed by atoms with van der Waals surface area (Å²) >= 11 is 3.42. The highest BCUT2D eigenvalue weighted by Gasteiger charge is 2.23. The molecule has 0 aliphatic heterocycles. The van der Waals surface area contributed by atoms with Crippen molar-refractivity contribution in [2.75, 3.05) is 7.05 Å². The predicted octanol–water partition coefficient (Wildman–Crippen LogP) is 4.12. The number of hydrogen-bond acceptors (Lipinski definition) is 4. The summed E-state index contributed by atoms with van der Waals surface area (Å²) in [6.45, 7) is 3.55. The first kappa shape index (κ1) is 17.2. The summed E-state index contributed by atoms with van der Waals surface area (Å²) in [4.78, 5) is 17.3. The van der Waals surface area contributed by atoms with E-state index in [1.807, 2.05) is 24.1 Å². The summed E-state index contributed by atoms with van der Waals surface area (Å²) in [5.41, 5.74) is 0. The summed E-state index contributed by atoms with van der Waals surface area (Å²) in [6, 6.07) is 8.19. The second-order valence-electron chi connectivity index (χ2n) is 5.34.